The summed E-state index contributed by atoms with van der Waals surface area (Å²) in [5.74, 6) is -2.31. The number of amides is 2. The van der Waals surface area contributed by atoms with E-state index in [1.54, 1.807) is 5.01 Å². The number of halogens is 2. The standard InChI is InChI=1S/C10H11F2NO2.C7H12N4O2/c1-2-3-15-9-5-7(11)4-8(12)10(9)13-6-14;1-9-7(6(8)12)10-11-2-4-13-5-3-11/h4-6H,2-3H2,1H3,(H,13,14);1-5H2,(H2,8,12)/b;10-7-. The number of aliphatic imine (C=N–C) groups is 1. The van der Waals surface area contributed by atoms with Crippen molar-refractivity contribution >= 4 is 30.6 Å². The predicted octanol–water partition coefficient (Wildman–Crippen LogP) is 1.14. The Morgan fingerprint density at radius 2 is 2.11 bits per heavy atom. The summed E-state index contributed by atoms with van der Waals surface area (Å²) in [6.07, 6.45) is 1.02. The summed E-state index contributed by atoms with van der Waals surface area (Å²) in [6.45, 7) is 7.90. The lowest BCUT2D eigenvalue weighted by atomic mass is 10.2. The van der Waals surface area contributed by atoms with Crippen LogP contribution < -0.4 is 15.8 Å². The summed E-state index contributed by atoms with van der Waals surface area (Å²) < 4.78 is 36.2. The van der Waals surface area contributed by atoms with Crippen LogP contribution in [0.4, 0.5) is 14.5 Å². The first kappa shape index (κ1) is 23.0. The molecule has 2 amide bonds. The molecule has 0 bridgehead atoms. The minimum atomic E-state index is -0.854. The van der Waals surface area contributed by atoms with E-state index >= 15 is 0 Å². The van der Waals surface area contributed by atoms with E-state index in [-0.39, 0.29) is 17.3 Å². The second-order valence-electron chi connectivity index (χ2n) is 5.38. The third-order valence-electron chi connectivity index (χ3n) is 3.28. The molecule has 1 aliphatic rings. The van der Waals surface area contributed by atoms with E-state index in [1.807, 2.05) is 6.92 Å². The molecular formula is C17H23F2N5O4. The zero-order valence-electron chi connectivity index (χ0n) is 15.5. The number of carbonyl (C=O) groups excluding carboxylic acids is 2. The Balaban J connectivity index is 0.000000283. The Bertz CT molecular complexity index is 709. The van der Waals surface area contributed by atoms with Crippen molar-refractivity contribution < 1.29 is 27.8 Å². The molecule has 0 aromatic heterocycles. The van der Waals surface area contributed by atoms with Gasteiger partial charge in [0.15, 0.2) is 5.82 Å². The number of ether oxygens (including phenoxy) is 2. The molecule has 11 heteroatoms. The fraction of sp³-hybridized carbons (Fsp3) is 0.412. The maximum atomic E-state index is 13.2. The fourth-order valence-corrected chi connectivity index (χ4v) is 2.02. The number of nitrogens with one attached hydrogen (secondary N) is 1. The van der Waals surface area contributed by atoms with Gasteiger partial charge in [-0.25, -0.2) is 13.8 Å². The quantitative estimate of drug-likeness (QED) is 0.422. The molecule has 1 aliphatic heterocycles. The minimum Gasteiger partial charge on any atom is -0.491 e. The first-order valence-corrected chi connectivity index (χ1v) is 8.42. The molecule has 1 saturated heterocycles. The van der Waals surface area contributed by atoms with Crippen LogP contribution in [0, 0.1) is 11.6 Å². The Labute approximate surface area is 161 Å². The maximum absolute atomic E-state index is 13.2. The van der Waals surface area contributed by atoms with Gasteiger partial charge in [0.2, 0.25) is 12.2 Å². The number of hydrazone groups is 1. The lowest BCUT2D eigenvalue weighted by Crippen LogP contribution is -2.34. The number of amidine groups is 1. The van der Waals surface area contributed by atoms with Gasteiger partial charge in [0.05, 0.1) is 32.9 Å². The summed E-state index contributed by atoms with van der Waals surface area (Å²) >= 11 is 0. The van der Waals surface area contributed by atoms with Gasteiger partial charge in [-0.15, -0.1) is 0 Å². The number of hydrogen-bond acceptors (Lipinski definition) is 6. The van der Waals surface area contributed by atoms with Crippen molar-refractivity contribution in [1.29, 1.82) is 0 Å². The van der Waals surface area contributed by atoms with Crippen LogP contribution in [0.5, 0.6) is 5.75 Å². The van der Waals surface area contributed by atoms with Gasteiger partial charge in [-0.05, 0) is 13.1 Å². The summed E-state index contributed by atoms with van der Waals surface area (Å²) in [5, 5.41) is 7.75. The molecule has 2 rings (SSSR count). The number of hydrogen-bond donors (Lipinski definition) is 2. The van der Waals surface area contributed by atoms with Crippen LogP contribution in [0.25, 0.3) is 0 Å². The molecular weight excluding hydrogens is 376 g/mol. The summed E-state index contributed by atoms with van der Waals surface area (Å²) in [5.41, 5.74) is 4.86. The van der Waals surface area contributed by atoms with E-state index in [1.165, 1.54) is 0 Å². The topological polar surface area (TPSA) is 119 Å². The number of primary amides is 1. The van der Waals surface area contributed by atoms with Crippen molar-refractivity contribution in [3.63, 3.8) is 0 Å². The number of carbonyl (C=O) groups is 2. The molecule has 0 atom stereocenters. The van der Waals surface area contributed by atoms with E-state index < -0.39 is 17.5 Å². The number of anilines is 1. The normalized spacial score (nSPS) is 13.8. The smallest absolute Gasteiger partial charge is 0.288 e. The highest BCUT2D eigenvalue weighted by Gasteiger charge is 2.12. The number of nitrogens with zero attached hydrogens (tertiary/aromatic N) is 3. The van der Waals surface area contributed by atoms with E-state index in [4.69, 9.17) is 15.2 Å². The highest BCUT2D eigenvalue weighted by Crippen LogP contribution is 2.28. The second kappa shape index (κ2) is 12.3. The third-order valence-corrected chi connectivity index (χ3v) is 3.28. The number of rotatable bonds is 6. The third kappa shape index (κ3) is 7.66. The lowest BCUT2D eigenvalue weighted by Gasteiger charge is -2.23. The lowest BCUT2D eigenvalue weighted by molar-refractivity contribution is -0.112. The van der Waals surface area contributed by atoms with E-state index in [2.05, 4.69) is 22.1 Å². The van der Waals surface area contributed by atoms with Crippen LogP contribution in [-0.4, -0.2) is 62.8 Å². The molecule has 1 aromatic rings. The van der Waals surface area contributed by atoms with Crippen molar-refractivity contribution in [2.45, 2.75) is 13.3 Å². The van der Waals surface area contributed by atoms with Crippen molar-refractivity contribution in [2.75, 3.05) is 38.2 Å². The number of benzene rings is 1. The molecule has 0 saturated carbocycles. The first-order valence-electron chi connectivity index (χ1n) is 8.42. The molecule has 0 aliphatic carbocycles. The molecule has 0 unspecified atom stereocenters. The molecule has 1 heterocycles. The molecule has 0 spiro atoms. The highest BCUT2D eigenvalue weighted by atomic mass is 19.1. The first-order chi connectivity index (χ1) is 13.4. The van der Waals surface area contributed by atoms with Crippen molar-refractivity contribution in [2.24, 2.45) is 15.8 Å². The van der Waals surface area contributed by atoms with E-state index in [0.717, 1.165) is 6.07 Å². The second-order valence-corrected chi connectivity index (χ2v) is 5.38. The molecule has 0 radical (unpaired) electrons. The minimum absolute atomic E-state index is 0.00134. The van der Waals surface area contributed by atoms with Gasteiger partial charge >= 0.3 is 0 Å². The maximum Gasteiger partial charge on any atom is 0.288 e. The van der Waals surface area contributed by atoms with Crippen molar-refractivity contribution in [3.8, 4) is 5.75 Å². The van der Waals surface area contributed by atoms with Gasteiger partial charge in [-0.3, -0.25) is 14.6 Å². The Hall–Kier alpha value is -3.08. The number of morpholine rings is 1. The summed E-state index contributed by atoms with van der Waals surface area (Å²) in [6, 6.07) is 1.72. The monoisotopic (exact) mass is 399 g/mol. The SMILES string of the molecule is C=N/C(=N\N1CCOCC1)C(N)=O.CCCOc1cc(F)cc(F)c1NC=O. The van der Waals surface area contributed by atoms with Gasteiger partial charge in [0, 0.05) is 12.1 Å². The number of nitrogens with two attached hydrogens (primary N) is 1. The van der Waals surface area contributed by atoms with Crippen LogP contribution in [-0.2, 0) is 14.3 Å². The molecule has 1 fully saturated rings. The van der Waals surface area contributed by atoms with Crippen LogP contribution in [0.2, 0.25) is 0 Å². The van der Waals surface area contributed by atoms with Crippen LogP contribution in [0.15, 0.2) is 22.2 Å². The zero-order chi connectivity index (χ0) is 20.9. The summed E-state index contributed by atoms with van der Waals surface area (Å²) in [7, 11) is 0. The van der Waals surface area contributed by atoms with Crippen LogP contribution >= 0.6 is 0 Å². The van der Waals surface area contributed by atoms with Crippen LogP contribution in [0.3, 0.4) is 0 Å². The largest absolute Gasteiger partial charge is 0.491 e. The predicted molar refractivity (Wildman–Crippen MR) is 100 cm³/mol. The zero-order valence-corrected chi connectivity index (χ0v) is 15.5. The van der Waals surface area contributed by atoms with Gasteiger partial charge in [-0.1, -0.05) is 6.92 Å². The van der Waals surface area contributed by atoms with E-state index in [9.17, 15) is 18.4 Å². The highest BCUT2D eigenvalue weighted by molar-refractivity contribution is 6.38. The van der Waals surface area contributed by atoms with Gasteiger partial charge in [-0.2, -0.15) is 5.10 Å². The van der Waals surface area contributed by atoms with Gasteiger partial charge in [0.25, 0.3) is 5.91 Å². The van der Waals surface area contributed by atoms with Crippen molar-refractivity contribution in [1.82, 2.24) is 5.01 Å². The Kier molecular flexibility index (Phi) is 10.1. The molecule has 1 aromatic carbocycles. The summed E-state index contributed by atoms with van der Waals surface area (Å²) in [4.78, 5) is 24.3. The molecule has 154 valence electrons. The average molecular weight is 399 g/mol. The van der Waals surface area contributed by atoms with Crippen LogP contribution in [0.1, 0.15) is 13.3 Å². The molecule has 3 N–H and O–H groups in total. The van der Waals surface area contributed by atoms with Gasteiger partial charge in [0.1, 0.15) is 17.3 Å². The van der Waals surface area contributed by atoms with Crippen molar-refractivity contribution in [3.05, 3.63) is 23.8 Å². The molecule has 28 heavy (non-hydrogen) atoms. The van der Waals surface area contributed by atoms with E-state index in [0.29, 0.717) is 51.8 Å². The average Bonchev–Trinajstić information content (AvgIpc) is 2.68. The Morgan fingerprint density at radius 3 is 2.64 bits per heavy atom. The molecule has 9 nitrogen and oxygen atoms in total. The fourth-order valence-electron chi connectivity index (χ4n) is 2.02. The van der Waals surface area contributed by atoms with Gasteiger partial charge < -0.3 is 20.5 Å². The Morgan fingerprint density at radius 1 is 1.43 bits per heavy atom.